The molecule has 1 aliphatic heterocycles. The molecule has 0 aromatic heterocycles. The Kier molecular flexibility index (Phi) is 5.10. The molecule has 2 aromatic carbocycles. The van der Waals surface area contributed by atoms with Crippen LogP contribution in [0.3, 0.4) is 0 Å². The van der Waals surface area contributed by atoms with Crippen LogP contribution in [-0.4, -0.2) is 25.0 Å². The highest BCUT2D eigenvalue weighted by molar-refractivity contribution is 5.95. The van der Waals surface area contributed by atoms with Gasteiger partial charge in [-0.3, -0.25) is 9.59 Å². The first-order chi connectivity index (χ1) is 13.2. The zero-order chi connectivity index (χ0) is 18.6. The van der Waals surface area contributed by atoms with E-state index in [1.54, 1.807) is 0 Å². The Morgan fingerprint density at radius 2 is 1.81 bits per heavy atom. The van der Waals surface area contributed by atoms with Crippen LogP contribution in [0.25, 0.3) is 0 Å². The molecule has 2 aromatic rings. The number of carbonyl (C=O) groups is 2. The molecule has 0 unspecified atom stereocenters. The number of benzene rings is 2. The predicted octanol–water partition coefficient (Wildman–Crippen LogP) is 3.00. The average molecular weight is 364 g/mol. The lowest BCUT2D eigenvalue weighted by molar-refractivity contribution is -0.123. The van der Waals surface area contributed by atoms with E-state index in [9.17, 15) is 9.59 Å². The van der Waals surface area contributed by atoms with Crippen molar-refractivity contribution in [2.45, 2.75) is 38.6 Å². The quantitative estimate of drug-likeness (QED) is 0.857. The number of carbonyl (C=O) groups excluding carboxylic acids is 2. The van der Waals surface area contributed by atoms with Crippen molar-refractivity contribution in [2.75, 3.05) is 18.1 Å². The fourth-order valence-corrected chi connectivity index (χ4v) is 3.75. The summed E-state index contributed by atoms with van der Waals surface area (Å²) in [6.45, 7) is 1.24. The summed E-state index contributed by atoms with van der Waals surface area (Å²) in [5, 5.41) is 2.87. The Balaban J connectivity index is 1.25. The maximum atomic E-state index is 12.1. The summed E-state index contributed by atoms with van der Waals surface area (Å²) in [5.41, 5.74) is 4.65. The van der Waals surface area contributed by atoms with Crippen LogP contribution in [0.1, 0.15) is 36.0 Å². The van der Waals surface area contributed by atoms with Crippen molar-refractivity contribution in [1.82, 2.24) is 5.32 Å². The van der Waals surface area contributed by atoms with Crippen molar-refractivity contribution in [3.63, 3.8) is 0 Å². The molecule has 0 atom stereocenters. The molecule has 2 amide bonds. The summed E-state index contributed by atoms with van der Waals surface area (Å²) < 4.78 is 5.62. The van der Waals surface area contributed by atoms with Crippen molar-refractivity contribution in [1.29, 1.82) is 0 Å². The van der Waals surface area contributed by atoms with Gasteiger partial charge in [-0.2, -0.15) is 0 Å². The number of hydrogen-bond acceptors (Lipinski definition) is 3. The SMILES string of the molecule is O=C(COc1ccc2c(c1)CCC2)NCc1ccc(N2CCCC2=O)cc1. The van der Waals surface area contributed by atoms with Crippen molar-refractivity contribution in [2.24, 2.45) is 0 Å². The second-order valence-electron chi connectivity index (χ2n) is 7.16. The molecular formula is C22H24N2O3. The monoisotopic (exact) mass is 364 g/mol. The molecular weight excluding hydrogens is 340 g/mol. The van der Waals surface area contributed by atoms with Gasteiger partial charge >= 0.3 is 0 Å². The van der Waals surface area contributed by atoms with E-state index < -0.39 is 0 Å². The summed E-state index contributed by atoms with van der Waals surface area (Å²) in [6, 6.07) is 13.9. The molecule has 1 fully saturated rings. The fraction of sp³-hybridized carbons (Fsp3) is 0.364. The molecule has 0 radical (unpaired) electrons. The fourth-order valence-electron chi connectivity index (χ4n) is 3.75. The minimum absolute atomic E-state index is 0.0130. The third-order valence-electron chi connectivity index (χ3n) is 5.25. The third kappa shape index (κ3) is 4.13. The minimum atomic E-state index is -0.144. The highest BCUT2D eigenvalue weighted by Gasteiger charge is 2.21. The van der Waals surface area contributed by atoms with Crippen molar-refractivity contribution >= 4 is 17.5 Å². The molecule has 2 aliphatic rings. The summed E-state index contributed by atoms with van der Waals surface area (Å²) in [4.78, 5) is 25.6. The summed E-state index contributed by atoms with van der Waals surface area (Å²) in [5.74, 6) is 0.791. The number of aryl methyl sites for hydroxylation is 2. The molecule has 1 saturated heterocycles. The first-order valence-electron chi connectivity index (χ1n) is 9.60. The number of rotatable bonds is 6. The Hall–Kier alpha value is -2.82. The molecule has 1 heterocycles. The van der Waals surface area contributed by atoms with Gasteiger partial charge in [0.2, 0.25) is 5.91 Å². The summed E-state index contributed by atoms with van der Waals surface area (Å²) >= 11 is 0. The second kappa shape index (κ2) is 7.82. The zero-order valence-electron chi connectivity index (χ0n) is 15.4. The lowest BCUT2D eigenvalue weighted by Gasteiger charge is -2.16. The maximum absolute atomic E-state index is 12.1. The van der Waals surface area contributed by atoms with E-state index >= 15 is 0 Å². The van der Waals surface area contributed by atoms with E-state index in [4.69, 9.17) is 4.74 Å². The molecule has 140 valence electrons. The molecule has 1 N–H and O–H groups in total. The lowest BCUT2D eigenvalue weighted by atomic mass is 10.1. The van der Waals surface area contributed by atoms with Gasteiger partial charge in [-0.25, -0.2) is 0 Å². The van der Waals surface area contributed by atoms with E-state index in [0.29, 0.717) is 13.0 Å². The van der Waals surface area contributed by atoms with Gasteiger partial charge in [-0.1, -0.05) is 18.2 Å². The van der Waals surface area contributed by atoms with Crippen LogP contribution in [0.4, 0.5) is 5.69 Å². The number of ether oxygens (including phenoxy) is 1. The Morgan fingerprint density at radius 1 is 1.00 bits per heavy atom. The number of hydrogen-bond donors (Lipinski definition) is 1. The van der Waals surface area contributed by atoms with Gasteiger partial charge < -0.3 is 15.0 Å². The van der Waals surface area contributed by atoms with Crippen molar-refractivity contribution in [3.05, 3.63) is 59.2 Å². The van der Waals surface area contributed by atoms with Crippen LogP contribution < -0.4 is 15.0 Å². The molecule has 0 saturated carbocycles. The van der Waals surface area contributed by atoms with Crippen LogP contribution in [0.15, 0.2) is 42.5 Å². The molecule has 27 heavy (non-hydrogen) atoms. The molecule has 1 aliphatic carbocycles. The highest BCUT2D eigenvalue weighted by atomic mass is 16.5. The van der Waals surface area contributed by atoms with Crippen LogP contribution in [0.5, 0.6) is 5.75 Å². The van der Waals surface area contributed by atoms with Crippen LogP contribution in [0.2, 0.25) is 0 Å². The van der Waals surface area contributed by atoms with Crippen molar-refractivity contribution in [3.8, 4) is 5.75 Å². The summed E-state index contributed by atoms with van der Waals surface area (Å²) in [6.07, 6.45) is 4.98. The molecule has 0 bridgehead atoms. The van der Waals surface area contributed by atoms with Gasteiger partial charge in [0.15, 0.2) is 6.61 Å². The highest BCUT2D eigenvalue weighted by Crippen LogP contribution is 2.26. The maximum Gasteiger partial charge on any atom is 0.258 e. The Labute approximate surface area is 159 Å². The van der Waals surface area contributed by atoms with Gasteiger partial charge in [-0.15, -0.1) is 0 Å². The van der Waals surface area contributed by atoms with Crippen LogP contribution in [0, 0.1) is 0 Å². The van der Waals surface area contributed by atoms with E-state index in [1.807, 2.05) is 41.3 Å². The number of amides is 2. The van der Waals surface area contributed by atoms with E-state index in [0.717, 1.165) is 42.8 Å². The molecule has 5 nitrogen and oxygen atoms in total. The van der Waals surface area contributed by atoms with Crippen LogP contribution >= 0.6 is 0 Å². The largest absolute Gasteiger partial charge is 0.484 e. The third-order valence-corrected chi connectivity index (χ3v) is 5.25. The van der Waals surface area contributed by atoms with Gasteiger partial charge in [-0.05, 0) is 66.6 Å². The first-order valence-corrected chi connectivity index (χ1v) is 9.60. The standard InChI is InChI=1S/C22H24N2O3/c25-21(15-27-20-11-8-17-3-1-4-18(17)13-20)23-14-16-6-9-19(10-7-16)24-12-2-5-22(24)26/h6-11,13H,1-5,12,14-15H2,(H,23,25). The van der Waals surface area contributed by atoms with Gasteiger partial charge in [0.25, 0.3) is 5.91 Å². The summed E-state index contributed by atoms with van der Waals surface area (Å²) in [7, 11) is 0. The van der Waals surface area contributed by atoms with Gasteiger partial charge in [0, 0.05) is 25.2 Å². The zero-order valence-corrected chi connectivity index (χ0v) is 15.4. The number of fused-ring (bicyclic) bond motifs is 1. The molecule has 4 rings (SSSR count). The second-order valence-corrected chi connectivity index (χ2v) is 7.16. The lowest BCUT2D eigenvalue weighted by Crippen LogP contribution is -2.28. The van der Waals surface area contributed by atoms with Crippen molar-refractivity contribution < 1.29 is 14.3 Å². The average Bonchev–Trinajstić information content (AvgIpc) is 3.33. The topological polar surface area (TPSA) is 58.6 Å². The van der Waals surface area contributed by atoms with E-state index in [1.165, 1.54) is 17.5 Å². The van der Waals surface area contributed by atoms with Gasteiger partial charge in [0.1, 0.15) is 5.75 Å². The Morgan fingerprint density at radius 3 is 2.59 bits per heavy atom. The van der Waals surface area contributed by atoms with E-state index in [2.05, 4.69) is 11.4 Å². The number of nitrogens with zero attached hydrogens (tertiary/aromatic N) is 1. The smallest absolute Gasteiger partial charge is 0.258 e. The number of nitrogens with one attached hydrogen (secondary N) is 1. The number of anilines is 1. The Bertz CT molecular complexity index is 845. The molecule has 5 heteroatoms. The van der Waals surface area contributed by atoms with Crippen LogP contribution in [-0.2, 0) is 29.0 Å². The predicted molar refractivity (Wildman–Crippen MR) is 104 cm³/mol. The minimum Gasteiger partial charge on any atom is -0.484 e. The molecule has 0 spiro atoms. The van der Waals surface area contributed by atoms with Gasteiger partial charge in [0.05, 0.1) is 0 Å². The van der Waals surface area contributed by atoms with E-state index in [-0.39, 0.29) is 18.4 Å². The normalized spacial score (nSPS) is 15.7. The first kappa shape index (κ1) is 17.6.